The molecule has 0 amide bonds. The Balaban J connectivity index is 1.78. The third-order valence-corrected chi connectivity index (χ3v) is 5.02. The maximum Gasteiger partial charge on any atom is 0.165 e. The van der Waals surface area contributed by atoms with Gasteiger partial charge in [-0.25, -0.2) is 4.39 Å². The maximum absolute atomic E-state index is 13.8. The third kappa shape index (κ3) is 2.04. The number of hydrogen-bond acceptors (Lipinski definition) is 2. The van der Waals surface area contributed by atoms with Crippen LogP contribution < -0.4 is 10.1 Å². The molecule has 0 radical (unpaired) electrons. The van der Waals surface area contributed by atoms with Crippen molar-refractivity contribution in [1.82, 2.24) is 5.32 Å². The molecule has 2 aliphatic carbocycles. The van der Waals surface area contributed by atoms with Crippen molar-refractivity contribution in [3.8, 4) is 5.75 Å². The highest BCUT2D eigenvalue weighted by molar-refractivity contribution is 5.30. The third-order valence-electron chi connectivity index (χ3n) is 5.02. The summed E-state index contributed by atoms with van der Waals surface area (Å²) in [5.74, 6) is 0.178. The van der Waals surface area contributed by atoms with Gasteiger partial charge < -0.3 is 10.1 Å². The normalized spacial score (nSPS) is 28.4. The van der Waals surface area contributed by atoms with Crippen molar-refractivity contribution in [2.75, 3.05) is 7.05 Å². The standard InChI is InChI=1S/C16H22FNO/c1-11-5-6-12(17)13(9-11)19-15-10-14(18-2)16(15)7-3-4-8-16/h5-6,9,14-15,18H,3-4,7-8,10H2,1-2H3. The highest BCUT2D eigenvalue weighted by Crippen LogP contribution is 2.54. The molecule has 1 N–H and O–H groups in total. The van der Waals surface area contributed by atoms with Crippen LogP contribution in [-0.2, 0) is 0 Å². The van der Waals surface area contributed by atoms with Gasteiger partial charge in [0.15, 0.2) is 11.6 Å². The summed E-state index contributed by atoms with van der Waals surface area (Å²) in [4.78, 5) is 0. The first-order valence-corrected chi connectivity index (χ1v) is 7.26. The Hall–Kier alpha value is -1.09. The summed E-state index contributed by atoms with van der Waals surface area (Å²) in [5.41, 5.74) is 1.28. The molecule has 104 valence electrons. The monoisotopic (exact) mass is 263 g/mol. The van der Waals surface area contributed by atoms with E-state index in [2.05, 4.69) is 5.32 Å². The molecule has 3 rings (SSSR count). The minimum atomic E-state index is -0.244. The zero-order valence-electron chi connectivity index (χ0n) is 11.7. The van der Waals surface area contributed by atoms with Crippen LogP contribution in [0.2, 0.25) is 0 Å². The molecule has 0 heterocycles. The van der Waals surface area contributed by atoms with Crippen LogP contribution in [0.25, 0.3) is 0 Å². The molecule has 2 saturated carbocycles. The topological polar surface area (TPSA) is 21.3 Å². The summed E-state index contributed by atoms with van der Waals surface area (Å²) < 4.78 is 19.8. The highest BCUT2D eigenvalue weighted by atomic mass is 19.1. The van der Waals surface area contributed by atoms with E-state index in [1.807, 2.05) is 20.0 Å². The van der Waals surface area contributed by atoms with Gasteiger partial charge in [-0.15, -0.1) is 0 Å². The summed E-state index contributed by atoms with van der Waals surface area (Å²) in [6, 6.07) is 5.63. The van der Waals surface area contributed by atoms with Gasteiger partial charge in [-0.2, -0.15) is 0 Å². The lowest BCUT2D eigenvalue weighted by atomic mass is 9.60. The Morgan fingerprint density at radius 1 is 1.32 bits per heavy atom. The molecule has 0 aromatic heterocycles. The van der Waals surface area contributed by atoms with E-state index in [1.165, 1.54) is 31.7 Å². The van der Waals surface area contributed by atoms with Gasteiger partial charge in [-0.05, 0) is 44.5 Å². The second kappa shape index (κ2) is 4.78. The van der Waals surface area contributed by atoms with Crippen molar-refractivity contribution in [3.05, 3.63) is 29.6 Å². The molecule has 1 aromatic carbocycles. The maximum atomic E-state index is 13.8. The fourth-order valence-corrected chi connectivity index (χ4v) is 3.88. The number of hydrogen-bond donors (Lipinski definition) is 1. The average molecular weight is 263 g/mol. The van der Waals surface area contributed by atoms with Gasteiger partial charge in [0.1, 0.15) is 6.10 Å². The Bertz CT molecular complexity index is 468. The SMILES string of the molecule is CNC1CC(Oc2cc(C)ccc2F)C12CCCC2. The Labute approximate surface area is 114 Å². The van der Waals surface area contributed by atoms with Crippen LogP contribution in [0, 0.1) is 18.2 Å². The zero-order chi connectivity index (χ0) is 13.5. The Morgan fingerprint density at radius 2 is 2.05 bits per heavy atom. The number of aryl methyl sites for hydroxylation is 1. The van der Waals surface area contributed by atoms with Crippen molar-refractivity contribution in [1.29, 1.82) is 0 Å². The quantitative estimate of drug-likeness (QED) is 0.902. The molecule has 2 atom stereocenters. The molecule has 0 aliphatic heterocycles. The van der Waals surface area contributed by atoms with E-state index in [4.69, 9.17) is 4.74 Å². The fraction of sp³-hybridized carbons (Fsp3) is 0.625. The second-order valence-electron chi connectivity index (χ2n) is 6.06. The summed E-state index contributed by atoms with van der Waals surface area (Å²) in [7, 11) is 2.02. The van der Waals surface area contributed by atoms with E-state index in [0.29, 0.717) is 11.8 Å². The van der Waals surface area contributed by atoms with E-state index < -0.39 is 0 Å². The van der Waals surface area contributed by atoms with Gasteiger partial charge in [0, 0.05) is 17.9 Å². The first-order chi connectivity index (χ1) is 9.15. The van der Waals surface area contributed by atoms with Crippen LogP contribution in [0.5, 0.6) is 5.75 Å². The molecule has 2 fully saturated rings. The number of benzene rings is 1. The fourth-order valence-electron chi connectivity index (χ4n) is 3.88. The molecule has 2 aliphatic rings. The number of nitrogens with one attached hydrogen (secondary N) is 1. The molecular formula is C16H22FNO. The van der Waals surface area contributed by atoms with E-state index in [1.54, 1.807) is 6.07 Å². The largest absolute Gasteiger partial charge is 0.487 e. The molecule has 1 spiro atoms. The molecule has 2 unspecified atom stereocenters. The summed E-state index contributed by atoms with van der Waals surface area (Å²) >= 11 is 0. The lowest BCUT2D eigenvalue weighted by Gasteiger charge is -2.53. The first-order valence-electron chi connectivity index (χ1n) is 7.26. The van der Waals surface area contributed by atoms with Crippen molar-refractivity contribution in [2.24, 2.45) is 5.41 Å². The average Bonchev–Trinajstić information content (AvgIpc) is 2.90. The van der Waals surface area contributed by atoms with Crippen LogP contribution in [-0.4, -0.2) is 19.2 Å². The highest BCUT2D eigenvalue weighted by Gasteiger charge is 2.57. The van der Waals surface area contributed by atoms with Gasteiger partial charge >= 0.3 is 0 Å². The predicted octanol–water partition coefficient (Wildman–Crippen LogP) is 3.43. The van der Waals surface area contributed by atoms with Gasteiger partial charge in [-0.3, -0.25) is 0 Å². The van der Waals surface area contributed by atoms with Gasteiger partial charge in [0.05, 0.1) is 0 Å². The molecule has 0 saturated heterocycles. The minimum Gasteiger partial charge on any atom is -0.487 e. The van der Waals surface area contributed by atoms with Crippen LogP contribution in [0.4, 0.5) is 4.39 Å². The molecular weight excluding hydrogens is 241 g/mol. The van der Waals surface area contributed by atoms with Crippen LogP contribution >= 0.6 is 0 Å². The van der Waals surface area contributed by atoms with Crippen molar-refractivity contribution < 1.29 is 9.13 Å². The summed E-state index contributed by atoms with van der Waals surface area (Å²) in [6.45, 7) is 1.97. The smallest absolute Gasteiger partial charge is 0.165 e. The lowest BCUT2D eigenvalue weighted by molar-refractivity contribution is -0.0751. The molecule has 0 bridgehead atoms. The Kier molecular flexibility index (Phi) is 3.25. The van der Waals surface area contributed by atoms with Crippen LogP contribution in [0.15, 0.2) is 18.2 Å². The number of ether oxygens (including phenoxy) is 1. The van der Waals surface area contributed by atoms with Crippen molar-refractivity contribution in [2.45, 2.75) is 51.2 Å². The molecule has 3 heteroatoms. The van der Waals surface area contributed by atoms with Crippen molar-refractivity contribution in [3.63, 3.8) is 0 Å². The molecule has 1 aromatic rings. The van der Waals surface area contributed by atoms with Crippen molar-refractivity contribution >= 4 is 0 Å². The Morgan fingerprint density at radius 3 is 2.74 bits per heavy atom. The number of rotatable bonds is 3. The van der Waals surface area contributed by atoms with E-state index >= 15 is 0 Å². The van der Waals surface area contributed by atoms with Crippen LogP contribution in [0.1, 0.15) is 37.7 Å². The number of halogens is 1. The van der Waals surface area contributed by atoms with Gasteiger partial charge in [0.2, 0.25) is 0 Å². The second-order valence-corrected chi connectivity index (χ2v) is 6.06. The lowest BCUT2D eigenvalue weighted by Crippen LogP contribution is -2.63. The minimum absolute atomic E-state index is 0.170. The van der Waals surface area contributed by atoms with Gasteiger partial charge in [0.25, 0.3) is 0 Å². The van der Waals surface area contributed by atoms with E-state index in [0.717, 1.165) is 12.0 Å². The molecule has 2 nitrogen and oxygen atoms in total. The molecule has 19 heavy (non-hydrogen) atoms. The zero-order valence-corrected chi connectivity index (χ0v) is 11.7. The van der Waals surface area contributed by atoms with Crippen LogP contribution in [0.3, 0.4) is 0 Å². The van der Waals surface area contributed by atoms with Gasteiger partial charge in [-0.1, -0.05) is 18.9 Å². The van der Waals surface area contributed by atoms with E-state index in [-0.39, 0.29) is 17.3 Å². The van der Waals surface area contributed by atoms with E-state index in [9.17, 15) is 4.39 Å². The first kappa shape index (κ1) is 12.9. The predicted molar refractivity (Wildman–Crippen MR) is 73.9 cm³/mol. The summed E-state index contributed by atoms with van der Waals surface area (Å²) in [6.07, 6.45) is 6.11. The summed E-state index contributed by atoms with van der Waals surface area (Å²) in [5, 5.41) is 3.40.